The molecule has 6 heteroatoms. The van der Waals surface area contributed by atoms with Gasteiger partial charge in [0.15, 0.2) is 0 Å². The van der Waals surface area contributed by atoms with Crippen LogP contribution in [0.25, 0.3) is 0 Å². The van der Waals surface area contributed by atoms with Crippen LogP contribution in [-0.2, 0) is 0 Å². The highest BCUT2D eigenvalue weighted by atomic mass is 79.9. The minimum absolute atomic E-state index is 0.114. The van der Waals surface area contributed by atoms with Crippen molar-refractivity contribution in [3.05, 3.63) is 19.2 Å². The summed E-state index contributed by atoms with van der Waals surface area (Å²) in [5.74, 6) is 0.114. The van der Waals surface area contributed by atoms with Crippen LogP contribution >= 0.6 is 59.1 Å². The van der Waals surface area contributed by atoms with Crippen molar-refractivity contribution in [1.82, 2.24) is 4.90 Å². The lowest BCUT2D eigenvalue weighted by Gasteiger charge is -2.34. The molecule has 2 rings (SSSR count). The van der Waals surface area contributed by atoms with Crippen molar-refractivity contribution in [2.24, 2.45) is 0 Å². The maximum Gasteiger partial charge on any atom is 0.264 e. The first-order valence-electron chi connectivity index (χ1n) is 5.86. The highest BCUT2D eigenvalue weighted by Crippen LogP contribution is 2.34. The van der Waals surface area contributed by atoms with Crippen LogP contribution in [0.15, 0.2) is 14.3 Å². The van der Waals surface area contributed by atoms with Crippen LogP contribution < -0.4 is 0 Å². The lowest BCUT2D eigenvalue weighted by molar-refractivity contribution is 0.0709. The second-order valence-electron chi connectivity index (χ2n) is 4.52. The van der Waals surface area contributed by atoms with Crippen molar-refractivity contribution in [1.29, 1.82) is 0 Å². The van der Waals surface area contributed by atoms with Gasteiger partial charge in [-0.1, -0.05) is 28.8 Å². The third-order valence-corrected chi connectivity index (χ3v) is 7.63. The molecule has 2 atom stereocenters. The summed E-state index contributed by atoms with van der Waals surface area (Å²) in [6.07, 6.45) is 4.71. The molecule has 1 heterocycles. The number of thiophene rings is 1. The predicted octanol–water partition coefficient (Wildman–Crippen LogP) is 5.05. The van der Waals surface area contributed by atoms with E-state index in [9.17, 15) is 4.79 Å². The lowest BCUT2D eigenvalue weighted by atomic mass is 9.94. The van der Waals surface area contributed by atoms with Crippen LogP contribution in [0.5, 0.6) is 0 Å². The second kappa shape index (κ2) is 6.37. The summed E-state index contributed by atoms with van der Waals surface area (Å²) in [4.78, 5) is 15.5. The van der Waals surface area contributed by atoms with Crippen LogP contribution in [0.4, 0.5) is 0 Å². The van der Waals surface area contributed by atoms with Gasteiger partial charge in [0.1, 0.15) is 0 Å². The third kappa shape index (κ3) is 3.19. The molecule has 2 unspecified atom stereocenters. The summed E-state index contributed by atoms with van der Waals surface area (Å²) in [5, 5.41) is 0. The molecule has 1 aromatic rings. The van der Waals surface area contributed by atoms with Crippen LogP contribution in [-0.4, -0.2) is 28.7 Å². The maximum atomic E-state index is 12.4. The SMILES string of the molecule is CN(C(=O)c1cc(Br)c(Br)s1)C1CCCCC1Br. The zero-order valence-electron chi connectivity index (χ0n) is 9.96. The van der Waals surface area contributed by atoms with Crippen molar-refractivity contribution >= 4 is 65.0 Å². The van der Waals surface area contributed by atoms with Gasteiger partial charge >= 0.3 is 0 Å². The van der Waals surface area contributed by atoms with Gasteiger partial charge in [0.25, 0.3) is 5.91 Å². The lowest BCUT2D eigenvalue weighted by Crippen LogP contribution is -2.43. The molecular weight excluding hydrogens is 446 g/mol. The molecular formula is C12H14Br3NOS. The minimum Gasteiger partial charge on any atom is -0.337 e. The number of halogens is 3. The molecule has 2 nitrogen and oxygen atoms in total. The molecule has 0 N–H and O–H groups in total. The third-order valence-electron chi connectivity index (χ3n) is 3.32. The van der Waals surface area contributed by atoms with E-state index in [4.69, 9.17) is 0 Å². The zero-order chi connectivity index (χ0) is 13.3. The van der Waals surface area contributed by atoms with E-state index in [0.717, 1.165) is 26.0 Å². The van der Waals surface area contributed by atoms with E-state index in [1.165, 1.54) is 24.2 Å². The van der Waals surface area contributed by atoms with E-state index in [1.54, 1.807) is 0 Å². The van der Waals surface area contributed by atoms with Gasteiger partial charge < -0.3 is 4.90 Å². The highest BCUT2D eigenvalue weighted by molar-refractivity contribution is 9.13. The minimum atomic E-state index is 0.114. The summed E-state index contributed by atoms with van der Waals surface area (Å²) in [6, 6.07) is 2.20. The van der Waals surface area contributed by atoms with Gasteiger partial charge in [0.05, 0.1) is 8.66 Å². The van der Waals surface area contributed by atoms with Gasteiger partial charge in [-0.15, -0.1) is 11.3 Å². The van der Waals surface area contributed by atoms with Crippen molar-refractivity contribution in [3.8, 4) is 0 Å². The molecule has 1 amide bonds. The number of nitrogens with zero attached hydrogens (tertiary/aromatic N) is 1. The number of alkyl halides is 1. The molecule has 0 saturated heterocycles. The van der Waals surface area contributed by atoms with Crippen molar-refractivity contribution in [2.75, 3.05) is 7.05 Å². The van der Waals surface area contributed by atoms with E-state index < -0.39 is 0 Å². The van der Waals surface area contributed by atoms with Crippen LogP contribution in [0, 0.1) is 0 Å². The van der Waals surface area contributed by atoms with E-state index in [-0.39, 0.29) is 5.91 Å². The predicted molar refractivity (Wildman–Crippen MR) is 86.8 cm³/mol. The Kier molecular flexibility index (Phi) is 5.31. The fourth-order valence-electron chi connectivity index (χ4n) is 2.28. The quantitative estimate of drug-likeness (QED) is 0.566. The Hall–Kier alpha value is 0.610. The summed E-state index contributed by atoms with van der Waals surface area (Å²) in [6.45, 7) is 0. The van der Waals surface area contributed by atoms with Gasteiger partial charge in [-0.25, -0.2) is 0 Å². The van der Waals surface area contributed by atoms with Crippen LogP contribution in [0.1, 0.15) is 35.4 Å². The molecule has 0 bridgehead atoms. The summed E-state index contributed by atoms with van der Waals surface area (Å²) in [5.41, 5.74) is 0. The van der Waals surface area contributed by atoms with E-state index in [2.05, 4.69) is 47.8 Å². The molecule has 1 saturated carbocycles. The van der Waals surface area contributed by atoms with E-state index >= 15 is 0 Å². The molecule has 0 aliphatic heterocycles. The summed E-state index contributed by atoms with van der Waals surface area (Å²) >= 11 is 12.0. The van der Waals surface area contributed by atoms with Crippen molar-refractivity contribution in [2.45, 2.75) is 36.6 Å². The Morgan fingerprint density at radius 3 is 2.61 bits per heavy atom. The molecule has 0 aromatic carbocycles. The van der Waals surface area contributed by atoms with Crippen LogP contribution in [0.3, 0.4) is 0 Å². The Balaban J connectivity index is 2.12. The van der Waals surface area contributed by atoms with E-state index in [1.807, 2.05) is 18.0 Å². The van der Waals surface area contributed by atoms with Gasteiger partial charge in [-0.3, -0.25) is 4.79 Å². The average molecular weight is 460 g/mol. The molecule has 1 aliphatic carbocycles. The number of hydrogen-bond donors (Lipinski definition) is 0. The first kappa shape index (κ1) is 15.0. The second-order valence-corrected chi connectivity index (χ2v) is 8.92. The standard InChI is InChI=1S/C12H14Br3NOS/c1-16(9-5-3-2-4-7(9)13)12(17)10-6-8(14)11(15)18-10/h6-7,9H,2-5H2,1H3. The molecule has 18 heavy (non-hydrogen) atoms. The first-order valence-corrected chi connectivity index (χ1v) is 9.18. The van der Waals surface area contributed by atoms with Gasteiger partial charge in [0.2, 0.25) is 0 Å². The molecule has 1 aliphatic rings. The summed E-state index contributed by atoms with van der Waals surface area (Å²) in [7, 11) is 1.91. The largest absolute Gasteiger partial charge is 0.337 e. The Bertz CT molecular complexity index is 429. The molecule has 100 valence electrons. The number of amides is 1. The smallest absolute Gasteiger partial charge is 0.264 e. The van der Waals surface area contributed by atoms with Crippen LogP contribution in [0.2, 0.25) is 0 Å². The number of carbonyl (C=O) groups is 1. The number of carbonyl (C=O) groups excluding carboxylic acids is 1. The molecule has 0 spiro atoms. The van der Waals surface area contributed by atoms with Gasteiger partial charge in [-0.2, -0.15) is 0 Å². The number of rotatable bonds is 2. The van der Waals surface area contributed by atoms with E-state index in [0.29, 0.717) is 10.9 Å². The average Bonchev–Trinajstić information content (AvgIpc) is 2.68. The Morgan fingerprint density at radius 2 is 2.06 bits per heavy atom. The van der Waals surface area contributed by atoms with Gasteiger partial charge in [-0.05, 0) is 50.8 Å². The van der Waals surface area contributed by atoms with Crippen molar-refractivity contribution < 1.29 is 4.79 Å². The molecule has 0 radical (unpaired) electrons. The first-order chi connectivity index (χ1) is 8.50. The Labute approximate surface area is 137 Å². The van der Waals surface area contributed by atoms with Crippen molar-refractivity contribution in [3.63, 3.8) is 0 Å². The monoisotopic (exact) mass is 457 g/mol. The van der Waals surface area contributed by atoms with Gasteiger partial charge in [0, 0.05) is 22.4 Å². The maximum absolute atomic E-state index is 12.4. The fraction of sp³-hybridized carbons (Fsp3) is 0.583. The fourth-order valence-corrected chi connectivity index (χ4v) is 5.24. The molecule has 1 aromatic heterocycles. The Morgan fingerprint density at radius 1 is 1.39 bits per heavy atom. The highest BCUT2D eigenvalue weighted by Gasteiger charge is 2.30. The summed E-state index contributed by atoms with van der Waals surface area (Å²) < 4.78 is 1.92. The number of hydrogen-bond acceptors (Lipinski definition) is 2. The topological polar surface area (TPSA) is 20.3 Å². The zero-order valence-corrected chi connectivity index (χ0v) is 15.5. The normalized spacial score (nSPS) is 24.0. The molecule has 1 fully saturated rings.